The van der Waals surface area contributed by atoms with E-state index < -0.39 is 0 Å². The summed E-state index contributed by atoms with van der Waals surface area (Å²) in [4.78, 5) is 0. The van der Waals surface area contributed by atoms with Crippen LogP contribution in [0.3, 0.4) is 0 Å². The maximum Gasteiger partial charge on any atom is 0.0556 e. The van der Waals surface area contributed by atoms with Crippen LogP contribution in [0.15, 0.2) is 36.2 Å². The molecular weight excluding hydrogens is 238 g/mol. The molecule has 0 saturated heterocycles. The van der Waals surface area contributed by atoms with Crippen LogP contribution >= 0.6 is 0 Å². The van der Waals surface area contributed by atoms with Gasteiger partial charge in [0.1, 0.15) is 0 Å². The van der Waals surface area contributed by atoms with E-state index in [0.717, 1.165) is 12.1 Å². The number of nitrogens with zero attached hydrogens (tertiary/aromatic N) is 2. The molecule has 4 nitrogen and oxygen atoms in total. The molecule has 19 heavy (non-hydrogen) atoms. The standard InChI is InChI=1S/C15H22N3O/c1-15(2,3)9-8-12-4-6-14(7-5-12)18-10-13(11-19)16-17-18/h4-7,10,17,19H,8-9,11H2,1-3H3/q-1. The molecule has 1 aromatic carbocycles. The van der Waals surface area contributed by atoms with Gasteiger partial charge in [0.2, 0.25) is 0 Å². The van der Waals surface area contributed by atoms with Crippen LogP contribution in [0.25, 0.3) is 5.43 Å². The summed E-state index contributed by atoms with van der Waals surface area (Å²) in [6.45, 7) is 6.74. The Morgan fingerprint density at radius 1 is 1.21 bits per heavy atom. The Hall–Kier alpha value is -1.52. The Balaban J connectivity index is 1.97. The molecule has 0 unspecified atom stereocenters. The number of hydrogen-bond acceptors (Lipinski definition) is 3. The molecule has 0 bridgehead atoms. The Morgan fingerprint density at radius 3 is 2.42 bits per heavy atom. The summed E-state index contributed by atoms with van der Waals surface area (Å²) >= 11 is 0. The van der Waals surface area contributed by atoms with Crippen molar-refractivity contribution in [2.45, 2.75) is 33.6 Å². The van der Waals surface area contributed by atoms with Crippen molar-refractivity contribution in [3.8, 4) is 0 Å². The Morgan fingerprint density at radius 2 is 1.89 bits per heavy atom. The number of aliphatic hydroxyl groups is 1. The second-order valence-corrected chi connectivity index (χ2v) is 6.09. The zero-order chi connectivity index (χ0) is 13.9. The molecule has 1 heterocycles. The molecule has 104 valence electrons. The van der Waals surface area contributed by atoms with Gasteiger partial charge in [0.25, 0.3) is 0 Å². The van der Waals surface area contributed by atoms with Gasteiger partial charge in [0, 0.05) is 6.20 Å². The van der Waals surface area contributed by atoms with Crippen molar-refractivity contribution < 1.29 is 5.11 Å². The molecule has 0 aliphatic carbocycles. The van der Waals surface area contributed by atoms with Crippen LogP contribution in [0.5, 0.6) is 0 Å². The van der Waals surface area contributed by atoms with Gasteiger partial charge < -0.3 is 16.1 Å². The van der Waals surface area contributed by atoms with E-state index in [1.807, 2.05) is 0 Å². The molecule has 1 aromatic rings. The predicted octanol–water partition coefficient (Wildman–Crippen LogP) is 3.11. The molecule has 1 aliphatic rings. The van der Waals surface area contributed by atoms with Gasteiger partial charge in [-0.3, -0.25) is 5.01 Å². The van der Waals surface area contributed by atoms with Crippen molar-refractivity contribution in [2.24, 2.45) is 5.41 Å². The predicted molar refractivity (Wildman–Crippen MR) is 78.4 cm³/mol. The van der Waals surface area contributed by atoms with E-state index >= 15 is 0 Å². The first-order valence-electron chi connectivity index (χ1n) is 6.64. The lowest BCUT2D eigenvalue weighted by Crippen LogP contribution is -2.24. The van der Waals surface area contributed by atoms with Crippen LogP contribution in [0, 0.1) is 5.41 Å². The second kappa shape index (κ2) is 5.63. The Labute approximate surface area is 115 Å². The van der Waals surface area contributed by atoms with E-state index in [9.17, 15) is 0 Å². The third-order valence-corrected chi connectivity index (χ3v) is 3.12. The molecule has 0 saturated carbocycles. The lowest BCUT2D eigenvalue weighted by Gasteiger charge is -2.23. The van der Waals surface area contributed by atoms with Crippen LogP contribution in [-0.2, 0) is 6.42 Å². The molecule has 0 amide bonds. The van der Waals surface area contributed by atoms with E-state index in [-0.39, 0.29) is 6.61 Å². The van der Waals surface area contributed by atoms with Crippen LogP contribution in [0.1, 0.15) is 32.8 Å². The lowest BCUT2D eigenvalue weighted by atomic mass is 9.89. The topological polar surface area (TPSA) is 49.6 Å². The number of hydrogen-bond donors (Lipinski definition) is 2. The smallest absolute Gasteiger partial charge is 0.0556 e. The summed E-state index contributed by atoms with van der Waals surface area (Å²) < 4.78 is 0. The molecule has 0 atom stereocenters. The Kier molecular flexibility index (Phi) is 4.12. The first kappa shape index (κ1) is 13.9. The maximum absolute atomic E-state index is 8.99. The number of benzene rings is 1. The summed E-state index contributed by atoms with van der Waals surface area (Å²) in [5.41, 5.74) is 10.2. The van der Waals surface area contributed by atoms with Crippen molar-refractivity contribution in [2.75, 3.05) is 11.6 Å². The van der Waals surface area contributed by atoms with E-state index in [1.54, 1.807) is 11.2 Å². The minimum absolute atomic E-state index is 0.0484. The van der Waals surface area contributed by atoms with Crippen molar-refractivity contribution in [3.05, 3.63) is 47.2 Å². The fourth-order valence-electron chi connectivity index (χ4n) is 1.88. The fourth-order valence-corrected chi connectivity index (χ4v) is 1.88. The molecule has 1 aliphatic heterocycles. The van der Waals surface area contributed by atoms with Crippen molar-refractivity contribution in [1.29, 1.82) is 0 Å². The zero-order valence-electron chi connectivity index (χ0n) is 11.8. The second-order valence-electron chi connectivity index (χ2n) is 6.09. The minimum atomic E-state index is -0.0484. The molecule has 0 spiro atoms. The van der Waals surface area contributed by atoms with Crippen molar-refractivity contribution >= 4 is 5.69 Å². The first-order chi connectivity index (χ1) is 8.98. The maximum atomic E-state index is 8.99. The molecule has 0 fully saturated rings. The van der Waals surface area contributed by atoms with Gasteiger partial charge in [-0.1, -0.05) is 32.9 Å². The van der Waals surface area contributed by atoms with Crippen LogP contribution in [0.4, 0.5) is 5.69 Å². The molecule has 0 radical (unpaired) electrons. The number of rotatable bonds is 4. The monoisotopic (exact) mass is 260 g/mol. The first-order valence-corrected chi connectivity index (χ1v) is 6.64. The third kappa shape index (κ3) is 3.98. The van der Waals surface area contributed by atoms with Gasteiger partial charge in [0.05, 0.1) is 12.3 Å². The largest absolute Gasteiger partial charge is 0.604 e. The van der Waals surface area contributed by atoms with Gasteiger partial charge in [-0.2, -0.15) is 0 Å². The number of anilines is 1. The van der Waals surface area contributed by atoms with Crippen LogP contribution in [-0.4, -0.2) is 11.7 Å². The van der Waals surface area contributed by atoms with Gasteiger partial charge in [0.15, 0.2) is 0 Å². The third-order valence-electron chi connectivity index (χ3n) is 3.12. The average molecular weight is 260 g/mol. The summed E-state index contributed by atoms with van der Waals surface area (Å²) in [5, 5.41) is 10.8. The summed E-state index contributed by atoms with van der Waals surface area (Å²) in [5.74, 6) is 0. The summed E-state index contributed by atoms with van der Waals surface area (Å²) in [7, 11) is 0. The molecular formula is C15H22N3O-. The van der Waals surface area contributed by atoms with Crippen molar-refractivity contribution in [3.63, 3.8) is 0 Å². The minimum Gasteiger partial charge on any atom is -0.604 e. The number of aliphatic hydroxyl groups excluding tert-OH is 1. The van der Waals surface area contributed by atoms with E-state index in [2.05, 4.69) is 56.0 Å². The van der Waals surface area contributed by atoms with Crippen LogP contribution < -0.4 is 10.5 Å². The zero-order valence-corrected chi connectivity index (χ0v) is 11.8. The summed E-state index contributed by atoms with van der Waals surface area (Å²) in [6.07, 6.45) is 4.07. The van der Waals surface area contributed by atoms with E-state index in [1.165, 1.54) is 12.0 Å². The number of hydrazine groups is 1. The fraction of sp³-hybridized carbons (Fsp3) is 0.467. The van der Waals surface area contributed by atoms with Gasteiger partial charge in [-0.15, -0.1) is 5.70 Å². The van der Waals surface area contributed by atoms with E-state index in [4.69, 9.17) is 5.11 Å². The van der Waals surface area contributed by atoms with Crippen molar-refractivity contribution in [1.82, 2.24) is 5.53 Å². The lowest BCUT2D eigenvalue weighted by molar-refractivity contribution is 0.333. The van der Waals surface area contributed by atoms with Gasteiger partial charge >= 0.3 is 0 Å². The quantitative estimate of drug-likeness (QED) is 0.874. The Bertz CT molecular complexity index is 445. The molecule has 0 aromatic heterocycles. The molecule has 4 heteroatoms. The highest BCUT2D eigenvalue weighted by Gasteiger charge is 2.10. The molecule has 2 N–H and O–H groups in total. The van der Waals surface area contributed by atoms with E-state index in [0.29, 0.717) is 11.1 Å². The van der Waals surface area contributed by atoms with Gasteiger partial charge in [-0.25, -0.2) is 0 Å². The summed E-state index contributed by atoms with van der Waals surface area (Å²) in [6, 6.07) is 8.43. The normalized spacial score (nSPS) is 15.4. The SMILES string of the molecule is CC(C)(C)CCc1ccc(N2C=C(CO)[N-]N2)cc1. The highest BCUT2D eigenvalue weighted by molar-refractivity contribution is 5.52. The van der Waals surface area contributed by atoms with Gasteiger partial charge in [-0.05, 0) is 36.0 Å². The average Bonchev–Trinajstić information content (AvgIpc) is 2.85. The molecule has 2 rings (SSSR count). The van der Waals surface area contributed by atoms with Crippen LogP contribution in [0.2, 0.25) is 0 Å². The number of aryl methyl sites for hydroxylation is 1. The highest BCUT2D eigenvalue weighted by atomic mass is 16.3. The highest BCUT2D eigenvalue weighted by Crippen LogP contribution is 2.24. The number of nitrogens with one attached hydrogen (secondary N) is 1.